The molecule has 0 fully saturated rings. The summed E-state index contributed by atoms with van der Waals surface area (Å²) in [4.78, 5) is 32.2. The van der Waals surface area contributed by atoms with Crippen molar-refractivity contribution in [3.63, 3.8) is 0 Å². The molecule has 0 amide bonds. The predicted octanol–water partition coefficient (Wildman–Crippen LogP) is 3.25. The van der Waals surface area contributed by atoms with E-state index in [4.69, 9.17) is 18.9 Å². The largest absolute Gasteiger partial charge is 0.479 e. The van der Waals surface area contributed by atoms with E-state index in [1.54, 1.807) is 0 Å². The summed E-state index contributed by atoms with van der Waals surface area (Å²) in [5.41, 5.74) is -0.953. The lowest BCUT2D eigenvalue weighted by molar-refractivity contribution is -0.394. The van der Waals surface area contributed by atoms with Crippen LogP contribution in [0.25, 0.3) is 0 Å². The standard InChI is InChI=1S/C18H18N2O9/c1-12(18(21)27-10-9-26-2)28-14-4-6-15(7-5-14)29-17-8-3-13(19(22)23)11-16(17)20(24)25/h3-8,11-12H,9-10H2,1-2H3. The number of hydrogen-bond acceptors (Lipinski definition) is 9. The number of nitro benzene ring substituents is 2. The lowest BCUT2D eigenvalue weighted by atomic mass is 10.2. The minimum Gasteiger partial charge on any atom is -0.479 e. The summed E-state index contributed by atoms with van der Waals surface area (Å²) in [5.74, 6) is -0.107. The van der Waals surface area contributed by atoms with Crippen molar-refractivity contribution in [2.45, 2.75) is 13.0 Å². The van der Waals surface area contributed by atoms with E-state index in [0.29, 0.717) is 5.75 Å². The molecule has 2 aromatic rings. The van der Waals surface area contributed by atoms with Crippen LogP contribution < -0.4 is 9.47 Å². The molecule has 0 radical (unpaired) electrons. The smallest absolute Gasteiger partial charge is 0.347 e. The normalized spacial score (nSPS) is 11.4. The highest BCUT2D eigenvalue weighted by molar-refractivity contribution is 5.74. The van der Waals surface area contributed by atoms with Gasteiger partial charge in [0.2, 0.25) is 5.75 Å². The number of carbonyl (C=O) groups excluding carboxylic acids is 1. The number of ether oxygens (including phenoxy) is 4. The van der Waals surface area contributed by atoms with Crippen LogP contribution in [0, 0.1) is 20.2 Å². The Morgan fingerprint density at radius 1 is 1.00 bits per heavy atom. The van der Waals surface area contributed by atoms with E-state index in [1.807, 2.05) is 0 Å². The maximum atomic E-state index is 11.8. The van der Waals surface area contributed by atoms with Gasteiger partial charge in [-0.2, -0.15) is 0 Å². The Hall–Kier alpha value is -3.73. The summed E-state index contributed by atoms with van der Waals surface area (Å²) in [6.45, 7) is 1.92. The Kier molecular flexibility index (Phi) is 7.43. The number of hydrogen-bond donors (Lipinski definition) is 0. The van der Waals surface area contributed by atoms with Crippen LogP contribution in [0.3, 0.4) is 0 Å². The zero-order valence-corrected chi connectivity index (χ0v) is 15.6. The second kappa shape index (κ2) is 9.99. The van der Waals surface area contributed by atoms with E-state index in [0.717, 1.165) is 18.2 Å². The molecule has 29 heavy (non-hydrogen) atoms. The molecule has 0 saturated heterocycles. The highest BCUT2D eigenvalue weighted by atomic mass is 16.6. The highest BCUT2D eigenvalue weighted by Crippen LogP contribution is 2.34. The van der Waals surface area contributed by atoms with E-state index >= 15 is 0 Å². The second-order valence-electron chi connectivity index (χ2n) is 5.66. The monoisotopic (exact) mass is 406 g/mol. The van der Waals surface area contributed by atoms with Gasteiger partial charge in [0.05, 0.1) is 22.5 Å². The summed E-state index contributed by atoms with van der Waals surface area (Å²) < 4.78 is 20.7. The molecule has 1 atom stereocenters. The van der Waals surface area contributed by atoms with E-state index in [-0.39, 0.29) is 24.7 Å². The fraction of sp³-hybridized carbons (Fsp3) is 0.278. The van der Waals surface area contributed by atoms with Crippen molar-refractivity contribution in [2.24, 2.45) is 0 Å². The van der Waals surface area contributed by atoms with Crippen LogP contribution in [0.1, 0.15) is 6.92 Å². The fourth-order valence-electron chi connectivity index (χ4n) is 2.16. The SMILES string of the molecule is COCCOC(=O)C(C)Oc1ccc(Oc2ccc([N+](=O)[O-])cc2[N+](=O)[O-])cc1. The third-order valence-corrected chi connectivity index (χ3v) is 3.58. The van der Waals surface area contributed by atoms with Gasteiger partial charge in [-0.15, -0.1) is 0 Å². The average molecular weight is 406 g/mol. The van der Waals surface area contributed by atoms with Crippen molar-refractivity contribution in [3.05, 3.63) is 62.7 Å². The Labute approximate surface area is 165 Å². The minimum absolute atomic E-state index is 0.115. The van der Waals surface area contributed by atoms with Crippen LogP contribution in [0.15, 0.2) is 42.5 Å². The molecule has 0 aromatic heterocycles. The van der Waals surface area contributed by atoms with Crippen LogP contribution in [0.2, 0.25) is 0 Å². The lowest BCUT2D eigenvalue weighted by Gasteiger charge is -2.14. The van der Waals surface area contributed by atoms with Crippen LogP contribution in [0.4, 0.5) is 11.4 Å². The summed E-state index contributed by atoms with van der Waals surface area (Å²) in [7, 11) is 1.49. The summed E-state index contributed by atoms with van der Waals surface area (Å²) >= 11 is 0. The number of nitrogens with zero attached hydrogens (tertiary/aromatic N) is 2. The zero-order valence-electron chi connectivity index (χ0n) is 15.6. The number of methoxy groups -OCH3 is 1. The zero-order chi connectivity index (χ0) is 21.4. The van der Waals surface area contributed by atoms with Crippen molar-refractivity contribution >= 4 is 17.3 Å². The van der Waals surface area contributed by atoms with Gasteiger partial charge in [0.25, 0.3) is 5.69 Å². The first-order valence-corrected chi connectivity index (χ1v) is 8.34. The Bertz CT molecular complexity index is 883. The van der Waals surface area contributed by atoms with Crippen molar-refractivity contribution < 1.29 is 33.6 Å². The molecule has 0 spiro atoms. The maximum Gasteiger partial charge on any atom is 0.347 e. The molecule has 0 saturated carbocycles. The summed E-state index contributed by atoms with van der Waals surface area (Å²) in [6, 6.07) is 9.04. The molecule has 0 bridgehead atoms. The Morgan fingerprint density at radius 2 is 1.66 bits per heavy atom. The summed E-state index contributed by atoms with van der Waals surface area (Å²) in [6.07, 6.45) is -0.852. The third-order valence-electron chi connectivity index (χ3n) is 3.58. The fourth-order valence-corrected chi connectivity index (χ4v) is 2.16. The predicted molar refractivity (Wildman–Crippen MR) is 99.2 cm³/mol. The minimum atomic E-state index is -0.852. The molecule has 0 aliphatic carbocycles. The molecule has 0 N–H and O–H groups in total. The first-order chi connectivity index (χ1) is 13.8. The van der Waals surface area contributed by atoms with Crippen molar-refractivity contribution in [1.29, 1.82) is 0 Å². The number of benzene rings is 2. The molecule has 0 heterocycles. The van der Waals surface area contributed by atoms with Crippen molar-refractivity contribution in [1.82, 2.24) is 0 Å². The number of carbonyl (C=O) groups is 1. The molecule has 2 rings (SSSR count). The molecular weight excluding hydrogens is 388 g/mol. The first-order valence-electron chi connectivity index (χ1n) is 8.34. The van der Waals surface area contributed by atoms with Crippen LogP contribution >= 0.6 is 0 Å². The lowest BCUT2D eigenvalue weighted by Crippen LogP contribution is -2.27. The maximum absolute atomic E-state index is 11.8. The first kappa shape index (κ1) is 21.6. The Morgan fingerprint density at radius 3 is 2.24 bits per heavy atom. The Balaban J connectivity index is 2.05. The molecule has 1 unspecified atom stereocenters. The molecule has 0 aliphatic heterocycles. The second-order valence-corrected chi connectivity index (χ2v) is 5.66. The molecule has 11 nitrogen and oxygen atoms in total. The van der Waals surface area contributed by atoms with Crippen LogP contribution in [-0.4, -0.2) is 42.2 Å². The van der Waals surface area contributed by atoms with Gasteiger partial charge in [0.15, 0.2) is 6.10 Å². The van der Waals surface area contributed by atoms with E-state index < -0.39 is 33.3 Å². The average Bonchev–Trinajstić information content (AvgIpc) is 2.69. The molecular formula is C18H18N2O9. The number of non-ortho nitro benzene ring substituents is 1. The van der Waals surface area contributed by atoms with Gasteiger partial charge in [-0.05, 0) is 37.3 Å². The molecule has 11 heteroatoms. The van der Waals surface area contributed by atoms with Gasteiger partial charge in [-0.1, -0.05) is 0 Å². The number of esters is 1. The van der Waals surface area contributed by atoms with Crippen LogP contribution in [0.5, 0.6) is 17.2 Å². The van der Waals surface area contributed by atoms with Crippen LogP contribution in [-0.2, 0) is 14.3 Å². The molecule has 2 aromatic carbocycles. The molecule has 0 aliphatic rings. The van der Waals surface area contributed by atoms with Gasteiger partial charge >= 0.3 is 11.7 Å². The van der Waals surface area contributed by atoms with Crippen molar-refractivity contribution in [2.75, 3.05) is 20.3 Å². The van der Waals surface area contributed by atoms with Gasteiger partial charge in [0.1, 0.15) is 18.1 Å². The molecule has 154 valence electrons. The van der Waals surface area contributed by atoms with E-state index in [1.165, 1.54) is 38.3 Å². The number of rotatable bonds is 10. The van der Waals surface area contributed by atoms with Gasteiger partial charge in [-0.25, -0.2) is 4.79 Å². The van der Waals surface area contributed by atoms with Crippen molar-refractivity contribution in [3.8, 4) is 17.2 Å². The quantitative estimate of drug-likeness (QED) is 0.251. The number of nitro groups is 2. The highest BCUT2D eigenvalue weighted by Gasteiger charge is 2.21. The van der Waals surface area contributed by atoms with Gasteiger partial charge in [-0.3, -0.25) is 20.2 Å². The van der Waals surface area contributed by atoms with E-state index in [9.17, 15) is 25.0 Å². The topological polar surface area (TPSA) is 140 Å². The van der Waals surface area contributed by atoms with Gasteiger partial charge in [0, 0.05) is 13.2 Å². The summed E-state index contributed by atoms with van der Waals surface area (Å²) in [5, 5.41) is 21.9. The van der Waals surface area contributed by atoms with Gasteiger partial charge < -0.3 is 18.9 Å². The van der Waals surface area contributed by atoms with E-state index in [2.05, 4.69) is 0 Å². The third kappa shape index (κ3) is 6.14.